The van der Waals surface area contributed by atoms with Crippen molar-refractivity contribution < 1.29 is 8.92 Å². The molecule has 0 N–H and O–H groups in total. The van der Waals surface area contributed by atoms with E-state index in [2.05, 4.69) is 12.9 Å². The van der Waals surface area contributed by atoms with Gasteiger partial charge < -0.3 is 8.92 Å². The molecular formula is C10H14O2S. The van der Waals surface area contributed by atoms with Crippen LogP contribution in [-0.4, -0.2) is 7.11 Å². The maximum atomic E-state index is 5.11. The van der Waals surface area contributed by atoms with Crippen LogP contribution in [0.15, 0.2) is 24.3 Å². The average Bonchev–Trinajstić information content (AvgIpc) is 2.18. The van der Waals surface area contributed by atoms with Crippen LogP contribution in [0.2, 0.25) is 0 Å². The summed E-state index contributed by atoms with van der Waals surface area (Å²) in [5.74, 6) is 0.830. The van der Waals surface area contributed by atoms with Crippen molar-refractivity contribution in [3.63, 3.8) is 0 Å². The standard InChI is InChI=1S/C10H14O2S/c1-10(2,12-13)8-5-4-6-9(7-8)11-3/h4-7,13H,1-3H3. The van der Waals surface area contributed by atoms with Gasteiger partial charge in [-0.15, -0.1) is 0 Å². The van der Waals surface area contributed by atoms with E-state index in [0.717, 1.165) is 11.3 Å². The molecule has 0 bridgehead atoms. The predicted molar refractivity (Wildman–Crippen MR) is 56.1 cm³/mol. The van der Waals surface area contributed by atoms with Gasteiger partial charge in [0.05, 0.1) is 7.11 Å². The van der Waals surface area contributed by atoms with Crippen molar-refractivity contribution in [1.82, 2.24) is 0 Å². The smallest absolute Gasteiger partial charge is 0.119 e. The zero-order valence-corrected chi connectivity index (χ0v) is 8.97. The van der Waals surface area contributed by atoms with Gasteiger partial charge >= 0.3 is 0 Å². The first-order valence-electron chi connectivity index (χ1n) is 4.07. The second-order valence-corrected chi connectivity index (χ2v) is 3.52. The molecule has 0 fully saturated rings. The van der Waals surface area contributed by atoms with E-state index in [1.165, 1.54) is 0 Å². The molecule has 0 aliphatic heterocycles. The van der Waals surface area contributed by atoms with Crippen molar-refractivity contribution in [1.29, 1.82) is 0 Å². The van der Waals surface area contributed by atoms with Gasteiger partial charge in [0.2, 0.25) is 0 Å². The van der Waals surface area contributed by atoms with E-state index in [-0.39, 0.29) is 0 Å². The second kappa shape index (κ2) is 4.03. The molecule has 0 radical (unpaired) electrons. The number of methoxy groups -OCH3 is 1. The maximum absolute atomic E-state index is 5.11. The molecular weight excluding hydrogens is 184 g/mol. The van der Waals surface area contributed by atoms with Crippen LogP contribution in [0.4, 0.5) is 0 Å². The fraction of sp³-hybridized carbons (Fsp3) is 0.400. The Bertz CT molecular complexity index is 284. The molecule has 0 heterocycles. The van der Waals surface area contributed by atoms with Crippen molar-refractivity contribution in [3.8, 4) is 5.75 Å². The van der Waals surface area contributed by atoms with Gasteiger partial charge in [-0.2, -0.15) is 0 Å². The summed E-state index contributed by atoms with van der Waals surface area (Å²) >= 11 is 3.84. The molecule has 13 heavy (non-hydrogen) atoms. The van der Waals surface area contributed by atoms with Crippen molar-refractivity contribution in [3.05, 3.63) is 29.8 Å². The quantitative estimate of drug-likeness (QED) is 0.594. The first kappa shape index (κ1) is 10.4. The molecule has 0 saturated heterocycles. The van der Waals surface area contributed by atoms with Gasteiger partial charge in [-0.25, -0.2) is 0 Å². The highest BCUT2D eigenvalue weighted by molar-refractivity contribution is 7.75. The lowest BCUT2D eigenvalue weighted by Crippen LogP contribution is -2.16. The molecule has 0 aliphatic rings. The van der Waals surface area contributed by atoms with Gasteiger partial charge in [0, 0.05) is 0 Å². The molecule has 0 unspecified atom stereocenters. The number of hydrogen-bond donors (Lipinski definition) is 1. The summed E-state index contributed by atoms with van der Waals surface area (Å²) in [6, 6.07) is 7.76. The second-order valence-electron chi connectivity index (χ2n) is 3.33. The maximum Gasteiger partial charge on any atom is 0.119 e. The van der Waals surface area contributed by atoms with Crippen LogP contribution in [0.25, 0.3) is 0 Å². The summed E-state index contributed by atoms with van der Waals surface area (Å²) in [7, 11) is 1.65. The molecule has 1 rings (SSSR count). The summed E-state index contributed by atoms with van der Waals surface area (Å²) in [6.45, 7) is 3.91. The van der Waals surface area contributed by atoms with Gasteiger partial charge in [0.25, 0.3) is 0 Å². The Morgan fingerprint density at radius 1 is 1.31 bits per heavy atom. The third-order valence-electron chi connectivity index (χ3n) is 1.99. The van der Waals surface area contributed by atoms with Crippen molar-refractivity contribution >= 4 is 12.9 Å². The molecule has 0 amide bonds. The summed E-state index contributed by atoms with van der Waals surface area (Å²) in [6.07, 6.45) is 0. The highest BCUT2D eigenvalue weighted by atomic mass is 32.1. The van der Waals surface area contributed by atoms with Crippen molar-refractivity contribution in [2.24, 2.45) is 0 Å². The van der Waals surface area contributed by atoms with E-state index < -0.39 is 5.60 Å². The third kappa shape index (κ3) is 2.39. The Morgan fingerprint density at radius 2 is 2.00 bits per heavy atom. The molecule has 0 atom stereocenters. The summed E-state index contributed by atoms with van der Waals surface area (Å²) in [5, 5.41) is 0. The Labute approximate surface area is 84.5 Å². The minimum absolute atomic E-state index is 0.391. The molecule has 0 spiro atoms. The van der Waals surface area contributed by atoms with Gasteiger partial charge in [-0.05, 0) is 44.5 Å². The number of hydrogen-bond acceptors (Lipinski definition) is 3. The molecule has 1 aromatic rings. The molecule has 3 heteroatoms. The number of benzene rings is 1. The highest BCUT2D eigenvalue weighted by Gasteiger charge is 2.20. The van der Waals surface area contributed by atoms with Crippen LogP contribution in [0, 0.1) is 0 Å². The van der Waals surface area contributed by atoms with E-state index in [1.54, 1.807) is 7.11 Å². The van der Waals surface area contributed by atoms with Gasteiger partial charge in [0.15, 0.2) is 0 Å². The van der Waals surface area contributed by atoms with Crippen LogP contribution < -0.4 is 4.74 Å². The van der Waals surface area contributed by atoms with Gasteiger partial charge in [-0.3, -0.25) is 0 Å². The molecule has 0 saturated carbocycles. The average molecular weight is 198 g/mol. The zero-order valence-electron chi connectivity index (χ0n) is 8.07. The summed E-state index contributed by atoms with van der Waals surface area (Å²) < 4.78 is 10.2. The Morgan fingerprint density at radius 3 is 2.54 bits per heavy atom. The molecule has 0 aliphatic carbocycles. The first-order valence-corrected chi connectivity index (χ1v) is 4.44. The molecule has 1 aromatic carbocycles. The topological polar surface area (TPSA) is 18.5 Å². The molecule has 0 aromatic heterocycles. The SMILES string of the molecule is COc1cccc(C(C)(C)OS)c1. The molecule has 72 valence electrons. The lowest BCUT2D eigenvalue weighted by molar-refractivity contribution is 0.145. The van der Waals surface area contributed by atoms with Crippen LogP contribution >= 0.6 is 12.9 Å². The van der Waals surface area contributed by atoms with Crippen molar-refractivity contribution in [2.75, 3.05) is 7.11 Å². The zero-order chi connectivity index (χ0) is 9.90. The van der Waals surface area contributed by atoms with Crippen LogP contribution in [0.3, 0.4) is 0 Å². The number of thiol groups is 1. The van der Waals surface area contributed by atoms with E-state index in [9.17, 15) is 0 Å². The Balaban J connectivity index is 3.01. The third-order valence-corrected chi connectivity index (χ3v) is 2.45. The number of ether oxygens (including phenoxy) is 1. The first-order chi connectivity index (χ1) is 6.10. The Hall–Kier alpha value is -0.670. The van der Waals surface area contributed by atoms with Crippen LogP contribution in [-0.2, 0) is 9.78 Å². The highest BCUT2D eigenvalue weighted by Crippen LogP contribution is 2.28. The minimum atomic E-state index is -0.391. The van der Waals surface area contributed by atoms with Crippen molar-refractivity contribution in [2.45, 2.75) is 19.4 Å². The fourth-order valence-corrected chi connectivity index (χ4v) is 1.16. The number of rotatable bonds is 3. The molecule has 2 nitrogen and oxygen atoms in total. The Kier molecular flexibility index (Phi) is 3.22. The summed E-state index contributed by atoms with van der Waals surface area (Å²) in [4.78, 5) is 0. The normalized spacial score (nSPS) is 11.4. The van der Waals surface area contributed by atoms with E-state index >= 15 is 0 Å². The summed E-state index contributed by atoms with van der Waals surface area (Å²) in [5.41, 5.74) is 0.652. The van der Waals surface area contributed by atoms with Gasteiger partial charge in [-0.1, -0.05) is 12.1 Å². The van der Waals surface area contributed by atoms with E-state index in [4.69, 9.17) is 8.92 Å². The lowest BCUT2D eigenvalue weighted by atomic mass is 9.98. The van der Waals surface area contributed by atoms with E-state index in [0.29, 0.717) is 0 Å². The predicted octanol–water partition coefficient (Wildman–Crippen LogP) is 2.79. The largest absolute Gasteiger partial charge is 0.497 e. The fourth-order valence-electron chi connectivity index (χ4n) is 1.05. The lowest BCUT2D eigenvalue weighted by Gasteiger charge is -2.22. The monoisotopic (exact) mass is 198 g/mol. The minimum Gasteiger partial charge on any atom is -0.497 e. The van der Waals surface area contributed by atoms with Gasteiger partial charge in [0.1, 0.15) is 11.4 Å². The van der Waals surface area contributed by atoms with E-state index in [1.807, 2.05) is 38.1 Å². The van der Waals surface area contributed by atoms with Crippen LogP contribution in [0.5, 0.6) is 5.75 Å². The van der Waals surface area contributed by atoms with Crippen LogP contribution in [0.1, 0.15) is 19.4 Å².